The molecular weight excluding hydrogens is 328 g/mol. The van der Waals surface area contributed by atoms with E-state index in [4.69, 9.17) is 0 Å². The third kappa shape index (κ3) is 2.92. The molecule has 1 aliphatic heterocycles. The van der Waals surface area contributed by atoms with Crippen LogP contribution in [0.15, 0.2) is 9.90 Å². The van der Waals surface area contributed by atoms with Crippen LogP contribution in [0.5, 0.6) is 0 Å². The van der Waals surface area contributed by atoms with Crippen LogP contribution in [-0.4, -0.2) is 20.0 Å². The molecule has 1 atom stereocenters. The molecule has 2 aromatic heterocycles. The zero-order valence-electron chi connectivity index (χ0n) is 14.2. The summed E-state index contributed by atoms with van der Waals surface area (Å²) < 4.78 is 1.78. The normalized spacial score (nSPS) is 20.4. The van der Waals surface area contributed by atoms with Crippen LogP contribution in [0, 0.1) is 0 Å². The molecule has 2 aromatic rings. The van der Waals surface area contributed by atoms with E-state index in [0.717, 1.165) is 34.5 Å². The van der Waals surface area contributed by atoms with Crippen molar-refractivity contribution < 1.29 is 0 Å². The number of hydrazone groups is 1. The van der Waals surface area contributed by atoms with Crippen LogP contribution in [-0.2, 0) is 19.2 Å². The molecule has 1 N–H and O–H groups in total. The lowest BCUT2D eigenvalue weighted by molar-refractivity contribution is 0.610. The maximum absolute atomic E-state index is 12.9. The minimum atomic E-state index is 0.0179. The molecule has 0 aromatic carbocycles. The lowest BCUT2D eigenvalue weighted by Crippen LogP contribution is -2.28. The van der Waals surface area contributed by atoms with Gasteiger partial charge in [-0.3, -0.25) is 9.36 Å². The summed E-state index contributed by atoms with van der Waals surface area (Å²) in [4.78, 5) is 19.6. The van der Waals surface area contributed by atoms with Gasteiger partial charge in [0.2, 0.25) is 5.95 Å². The van der Waals surface area contributed by atoms with Gasteiger partial charge >= 0.3 is 0 Å². The second kappa shape index (κ2) is 5.94. The van der Waals surface area contributed by atoms with Gasteiger partial charge in [0.25, 0.3) is 5.56 Å². The molecule has 1 aliphatic rings. The van der Waals surface area contributed by atoms with Crippen LogP contribution in [0.25, 0.3) is 10.2 Å². The molecule has 0 bridgehead atoms. The zero-order valence-corrected chi connectivity index (χ0v) is 15.8. The van der Waals surface area contributed by atoms with Crippen LogP contribution in [0.3, 0.4) is 0 Å². The van der Waals surface area contributed by atoms with Crippen LogP contribution in [0.4, 0.5) is 5.95 Å². The summed E-state index contributed by atoms with van der Waals surface area (Å²) in [7, 11) is 1.75. The van der Waals surface area contributed by atoms with Gasteiger partial charge < -0.3 is 0 Å². The molecule has 0 spiro atoms. The maximum Gasteiger partial charge on any atom is 0.263 e. The second-order valence-corrected chi connectivity index (χ2v) is 9.07. The van der Waals surface area contributed by atoms with Crippen molar-refractivity contribution >= 4 is 45.0 Å². The Bertz CT molecular complexity index is 848. The molecule has 0 saturated heterocycles. The number of hydrogen-bond donors (Lipinski definition) is 1. The molecule has 0 saturated carbocycles. The molecule has 0 aliphatic carbocycles. The number of nitrogens with one attached hydrogen (secondary N) is 1. The monoisotopic (exact) mass is 350 g/mol. The molecule has 0 radical (unpaired) electrons. The fourth-order valence-electron chi connectivity index (χ4n) is 2.69. The molecular formula is C16H22N4OS2. The summed E-state index contributed by atoms with van der Waals surface area (Å²) in [6.07, 6.45) is 2.05. The predicted octanol–water partition coefficient (Wildman–Crippen LogP) is 3.76. The molecule has 5 nitrogen and oxygen atoms in total. The Balaban J connectivity index is 2.15. The Morgan fingerprint density at radius 2 is 2.22 bits per heavy atom. The Labute approximate surface area is 144 Å². The van der Waals surface area contributed by atoms with E-state index in [1.807, 2.05) is 25.6 Å². The number of thiophene rings is 1. The molecule has 0 fully saturated rings. The van der Waals surface area contributed by atoms with Gasteiger partial charge in [-0.2, -0.15) is 5.10 Å². The minimum Gasteiger partial charge on any atom is -0.280 e. The van der Waals surface area contributed by atoms with Crippen molar-refractivity contribution in [3.63, 3.8) is 0 Å². The van der Waals surface area contributed by atoms with Gasteiger partial charge in [0, 0.05) is 28.1 Å². The fourth-order valence-corrected chi connectivity index (χ4v) is 5.18. The highest BCUT2D eigenvalue weighted by Crippen LogP contribution is 2.45. The van der Waals surface area contributed by atoms with E-state index in [0.29, 0.717) is 5.95 Å². The van der Waals surface area contributed by atoms with Crippen LogP contribution < -0.4 is 11.0 Å². The van der Waals surface area contributed by atoms with Crippen LogP contribution in [0.2, 0.25) is 0 Å². The van der Waals surface area contributed by atoms with Crippen LogP contribution >= 0.6 is 23.1 Å². The van der Waals surface area contributed by atoms with E-state index in [2.05, 4.69) is 29.4 Å². The van der Waals surface area contributed by atoms with Gasteiger partial charge in [-0.15, -0.1) is 23.1 Å². The van der Waals surface area contributed by atoms with Crippen molar-refractivity contribution in [3.8, 4) is 0 Å². The SMILES string of the molecule is CCC1(C)Cc2c(sc3nc(NN=C(C)C)n(C)c(=O)c23)CS1. The van der Waals surface area contributed by atoms with Gasteiger partial charge in [-0.25, -0.2) is 10.4 Å². The molecule has 124 valence electrons. The Kier molecular flexibility index (Phi) is 4.27. The lowest BCUT2D eigenvalue weighted by atomic mass is 9.96. The zero-order chi connectivity index (χ0) is 16.8. The predicted molar refractivity (Wildman–Crippen MR) is 101 cm³/mol. The highest BCUT2D eigenvalue weighted by Gasteiger charge is 2.32. The van der Waals surface area contributed by atoms with Gasteiger partial charge in [-0.1, -0.05) is 13.8 Å². The van der Waals surface area contributed by atoms with Crippen molar-refractivity contribution in [1.29, 1.82) is 0 Å². The standard InChI is InChI=1S/C16H22N4OS2/c1-6-16(4)7-10-11(8-22-16)23-13-12(10)14(21)20(5)15(17-13)19-18-9(2)3/h6-8H2,1-5H3,(H,17,19). The summed E-state index contributed by atoms with van der Waals surface area (Å²) in [6.45, 7) is 8.30. The highest BCUT2D eigenvalue weighted by atomic mass is 32.2. The smallest absolute Gasteiger partial charge is 0.263 e. The first-order valence-electron chi connectivity index (χ1n) is 7.77. The van der Waals surface area contributed by atoms with E-state index in [1.165, 1.54) is 10.4 Å². The summed E-state index contributed by atoms with van der Waals surface area (Å²) in [5, 5.41) is 4.97. The summed E-state index contributed by atoms with van der Waals surface area (Å²) >= 11 is 3.64. The molecule has 0 amide bonds. The molecule has 7 heteroatoms. The Hall–Kier alpha value is -1.34. The number of aromatic nitrogens is 2. The molecule has 23 heavy (non-hydrogen) atoms. The van der Waals surface area contributed by atoms with E-state index in [9.17, 15) is 4.79 Å². The number of nitrogens with zero attached hydrogens (tertiary/aromatic N) is 3. The molecule has 3 rings (SSSR count). The fraction of sp³-hybridized carbons (Fsp3) is 0.562. The summed E-state index contributed by atoms with van der Waals surface area (Å²) in [5.41, 5.74) is 5.01. The van der Waals surface area contributed by atoms with Crippen molar-refractivity contribution in [2.45, 2.75) is 51.0 Å². The van der Waals surface area contributed by atoms with Crippen LogP contribution in [0.1, 0.15) is 44.6 Å². The molecule has 3 heterocycles. The maximum atomic E-state index is 12.9. The average molecular weight is 351 g/mol. The van der Waals surface area contributed by atoms with Crippen molar-refractivity contribution in [2.75, 3.05) is 5.43 Å². The van der Waals surface area contributed by atoms with E-state index >= 15 is 0 Å². The van der Waals surface area contributed by atoms with E-state index < -0.39 is 0 Å². The first kappa shape index (κ1) is 16.5. The van der Waals surface area contributed by atoms with Crippen molar-refractivity contribution in [2.24, 2.45) is 12.1 Å². The van der Waals surface area contributed by atoms with Gasteiger partial charge in [0.15, 0.2) is 0 Å². The Morgan fingerprint density at radius 3 is 2.87 bits per heavy atom. The highest BCUT2D eigenvalue weighted by molar-refractivity contribution is 8.00. The number of hydrogen-bond acceptors (Lipinski definition) is 6. The lowest BCUT2D eigenvalue weighted by Gasteiger charge is -2.31. The Morgan fingerprint density at radius 1 is 1.48 bits per heavy atom. The number of fused-ring (bicyclic) bond motifs is 3. The summed E-state index contributed by atoms with van der Waals surface area (Å²) in [6, 6.07) is 0. The third-order valence-corrected chi connectivity index (χ3v) is 7.22. The summed E-state index contributed by atoms with van der Waals surface area (Å²) in [5.74, 6) is 1.46. The van der Waals surface area contributed by atoms with Gasteiger partial charge in [0.1, 0.15) is 4.83 Å². The number of anilines is 1. The quantitative estimate of drug-likeness (QED) is 0.676. The number of rotatable bonds is 3. The van der Waals surface area contributed by atoms with E-state index in [-0.39, 0.29) is 10.3 Å². The topological polar surface area (TPSA) is 59.3 Å². The number of thioether (sulfide) groups is 1. The van der Waals surface area contributed by atoms with Crippen molar-refractivity contribution in [1.82, 2.24) is 9.55 Å². The van der Waals surface area contributed by atoms with E-state index in [1.54, 1.807) is 23.0 Å². The van der Waals surface area contributed by atoms with Gasteiger partial charge in [-0.05, 0) is 32.3 Å². The average Bonchev–Trinajstić information content (AvgIpc) is 2.86. The van der Waals surface area contributed by atoms with Crippen molar-refractivity contribution in [3.05, 3.63) is 20.8 Å². The second-order valence-electron chi connectivity index (χ2n) is 6.42. The largest absolute Gasteiger partial charge is 0.280 e. The first-order valence-corrected chi connectivity index (χ1v) is 9.57. The van der Waals surface area contributed by atoms with Gasteiger partial charge in [0.05, 0.1) is 5.39 Å². The third-order valence-electron chi connectivity index (χ3n) is 4.35. The molecule has 1 unspecified atom stereocenters. The first-order chi connectivity index (χ1) is 10.8. The minimum absolute atomic E-state index is 0.0179.